The number of nitrogens with two attached hydrogens (primary N) is 1. The summed E-state index contributed by atoms with van der Waals surface area (Å²) in [6, 6.07) is 7.64. The number of nitrogens with zero attached hydrogens (tertiary/aromatic N) is 1. The van der Waals surface area contributed by atoms with Gasteiger partial charge >= 0.3 is 0 Å². The van der Waals surface area contributed by atoms with Crippen LogP contribution >= 0.6 is 0 Å². The third-order valence-corrected chi connectivity index (χ3v) is 4.39. The number of aromatic nitrogens is 2. The van der Waals surface area contributed by atoms with Crippen LogP contribution in [0, 0.1) is 0 Å². The van der Waals surface area contributed by atoms with E-state index in [0.29, 0.717) is 12.2 Å². The van der Waals surface area contributed by atoms with Crippen molar-refractivity contribution in [2.45, 2.75) is 44.1 Å². The zero-order valence-electron chi connectivity index (χ0n) is 12.2. The van der Waals surface area contributed by atoms with Crippen molar-refractivity contribution in [1.29, 1.82) is 0 Å². The summed E-state index contributed by atoms with van der Waals surface area (Å²) >= 11 is 0. The molecule has 0 atom stereocenters. The molecule has 1 saturated carbocycles. The normalized spacial score (nSPS) is 18.3. The van der Waals surface area contributed by atoms with Crippen LogP contribution in [0.3, 0.4) is 0 Å². The summed E-state index contributed by atoms with van der Waals surface area (Å²) < 4.78 is 0. The van der Waals surface area contributed by atoms with E-state index in [-0.39, 0.29) is 11.4 Å². The van der Waals surface area contributed by atoms with Gasteiger partial charge in [-0.3, -0.25) is 9.89 Å². The number of carbonyl (C=O) groups is 1. The van der Waals surface area contributed by atoms with Crippen LogP contribution in [0.15, 0.2) is 24.3 Å². The van der Waals surface area contributed by atoms with Crippen molar-refractivity contribution in [3.8, 4) is 0 Å². The van der Waals surface area contributed by atoms with Crippen molar-refractivity contribution in [3.63, 3.8) is 0 Å². The van der Waals surface area contributed by atoms with Crippen molar-refractivity contribution >= 4 is 16.8 Å². The Bertz CT molecular complexity index is 626. The molecule has 0 radical (unpaired) electrons. The predicted octanol–water partition coefficient (Wildman–Crippen LogP) is 2.34. The third-order valence-electron chi connectivity index (χ3n) is 4.39. The van der Waals surface area contributed by atoms with E-state index in [1.54, 1.807) is 0 Å². The van der Waals surface area contributed by atoms with E-state index in [0.717, 1.165) is 36.6 Å². The molecule has 21 heavy (non-hydrogen) atoms. The van der Waals surface area contributed by atoms with Gasteiger partial charge in [0.2, 0.25) is 0 Å². The maximum absolute atomic E-state index is 12.3. The van der Waals surface area contributed by atoms with Crippen LogP contribution in [-0.2, 0) is 0 Å². The van der Waals surface area contributed by atoms with E-state index in [1.807, 2.05) is 24.3 Å². The minimum Gasteiger partial charge on any atom is -0.349 e. The molecular weight excluding hydrogens is 264 g/mol. The van der Waals surface area contributed by atoms with E-state index in [4.69, 9.17) is 5.73 Å². The molecule has 4 N–H and O–H groups in total. The monoisotopic (exact) mass is 286 g/mol. The van der Waals surface area contributed by atoms with Gasteiger partial charge in [-0.25, -0.2) is 0 Å². The van der Waals surface area contributed by atoms with Gasteiger partial charge in [0.15, 0.2) is 5.69 Å². The first-order valence-electron chi connectivity index (χ1n) is 7.68. The molecule has 1 aromatic heterocycles. The van der Waals surface area contributed by atoms with Crippen molar-refractivity contribution in [2.75, 3.05) is 6.54 Å². The largest absolute Gasteiger partial charge is 0.349 e. The Morgan fingerprint density at radius 1 is 1.24 bits per heavy atom. The zero-order chi connectivity index (χ0) is 14.7. The lowest BCUT2D eigenvalue weighted by Crippen LogP contribution is -2.49. The van der Waals surface area contributed by atoms with Gasteiger partial charge in [0.25, 0.3) is 5.91 Å². The lowest BCUT2D eigenvalue weighted by molar-refractivity contribution is 0.0937. The summed E-state index contributed by atoms with van der Waals surface area (Å²) in [4.78, 5) is 12.3. The number of amides is 1. The third kappa shape index (κ3) is 3.08. The molecule has 2 aromatic rings. The summed E-state index contributed by atoms with van der Waals surface area (Å²) in [6.07, 6.45) is 6.76. The van der Waals surface area contributed by atoms with Crippen LogP contribution in [-0.4, -0.2) is 28.2 Å². The van der Waals surface area contributed by atoms with Gasteiger partial charge in [-0.1, -0.05) is 43.9 Å². The summed E-state index contributed by atoms with van der Waals surface area (Å²) in [7, 11) is 0. The first kappa shape index (κ1) is 14.1. The molecule has 112 valence electrons. The SMILES string of the molecule is NC1(CNC(=O)c2n[nH]c3ccccc23)CCCCCC1. The molecule has 0 spiro atoms. The van der Waals surface area contributed by atoms with Crippen LogP contribution < -0.4 is 11.1 Å². The number of aromatic amines is 1. The van der Waals surface area contributed by atoms with Gasteiger partial charge in [-0.05, 0) is 18.9 Å². The zero-order valence-corrected chi connectivity index (χ0v) is 12.2. The first-order chi connectivity index (χ1) is 10.2. The summed E-state index contributed by atoms with van der Waals surface area (Å²) in [5.74, 6) is -0.151. The molecule has 1 aliphatic rings. The number of para-hydroxylation sites is 1. The molecule has 0 unspecified atom stereocenters. The highest BCUT2D eigenvalue weighted by Gasteiger charge is 2.27. The number of nitrogens with one attached hydrogen (secondary N) is 2. The Balaban J connectivity index is 1.69. The Morgan fingerprint density at radius 2 is 1.95 bits per heavy atom. The van der Waals surface area contributed by atoms with Crippen LogP contribution in [0.2, 0.25) is 0 Å². The van der Waals surface area contributed by atoms with Gasteiger partial charge in [0.05, 0.1) is 5.52 Å². The highest BCUT2D eigenvalue weighted by molar-refractivity contribution is 6.04. The number of rotatable bonds is 3. The van der Waals surface area contributed by atoms with Gasteiger partial charge < -0.3 is 11.1 Å². The van der Waals surface area contributed by atoms with Gasteiger partial charge in [0, 0.05) is 17.5 Å². The van der Waals surface area contributed by atoms with Crippen molar-refractivity contribution < 1.29 is 4.79 Å². The number of hydrogen-bond donors (Lipinski definition) is 3. The van der Waals surface area contributed by atoms with Crippen molar-refractivity contribution in [1.82, 2.24) is 15.5 Å². The molecule has 0 aliphatic heterocycles. The summed E-state index contributed by atoms with van der Waals surface area (Å²) in [6.45, 7) is 0.521. The fourth-order valence-electron chi connectivity index (χ4n) is 3.09. The second-order valence-electron chi connectivity index (χ2n) is 6.08. The number of benzene rings is 1. The van der Waals surface area contributed by atoms with Crippen LogP contribution in [0.4, 0.5) is 0 Å². The van der Waals surface area contributed by atoms with Crippen molar-refractivity contribution in [2.24, 2.45) is 5.73 Å². The molecule has 0 saturated heterocycles. The van der Waals surface area contributed by atoms with Crippen LogP contribution in [0.5, 0.6) is 0 Å². The molecule has 1 aromatic carbocycles. The fraction of sp³-hybridized carbons (Fsp3) is 0.500. The highest BCUT2D eigenvalue weighted by atomic mass is 16.1. The average Bonchev–Trinajstić information content (AvgIpc) is 2.81. The van der Waals surface area contributed by atoms with Gasteiger partial charge in [-0.15, -0.1) is 0 Å². The van der Waals surface area contributed by atoms with Crippen LogP contribution in [0.1, 0.15) is 49.0 Å². The minimum absolute atomic E-state index is 0.151. The lowest BCUT2D eigenvalue weighted by Gasteiger charge is -2.28. The van der Waals surface area contributed by atoms with E-state index in [1.165, 1.54) is 12.8 Å². The smallest absolute Gasteiger partial charge is 0.272 e. The quantitative estimate of drug-likeness (QED) is 0.757. The number of H-pyrrole nitrogens is 1. The second kappa shape index (κ2) is 5.85. The summed E-state index contributed by atoms with van der Waals surface area (Å²) in [5.41, 5.74) is 7.49. The van der Waals surface area contributed by atoms with Gasteiger partial charge in [-0.2, -0.15) is 5.10 Å². The molecule has 0 bridgehead atoms. The molecule has 1 fully saturated rings. The molecule has 1 heterocycles. The Labute approximate surface area is 124 Å². The van der Waals surface area contributed by atoms with E-state index < -0.39 is 0 Å². The second-order valence-corrected chi connectivity index (χ2v) is 6.08. The van der Waals surface area contributed by atoms with Crippen molar-refractivity contribution in [3.05, 3.63) is 30.0 Å². The molecule has 5 nitrogen and oxygen atoms in total. The fourth-order valence-corrected chi connectivity index (χ4v) is 3.09. The predicted molar refractivity (Wildman–Crippen MR) is 83.0 cm³/mol. The van der Waals surface area contributed by atoms with Gasteiger partial charge in [0.1, 0.15) is 0 Å². The maximum Gasteiger partial charge on any atom is 0.272 e. The first-order valence-corrected chi connectivity index (χ1v) is 7.68. The Hall–Kier alpha value is -1.88. The number of hydrogen-bond acceptors (Lipinski definition) is 3. The van der Waals surface area contributed by atoms with E-state index in [9.17, 15) is 4.79 Å². The molecular formula is C16H22N4O. The molecule has 5 heteroatoms. The highest BCUT2D eigenvalue weighted by Crippen LogP contribution is 2.24. The van der Waals surface area contributed by atoms with Crippen LogP contribution in [0.25, 0.3) is 10.9 Å². The summed E-state index contributed by atoms with van der Waals surface area (Å²) in [5, 5.41) is 10.8. The molecule has 1 amide bonds. The van der Waals surface area contributed by atoms with E-state index in [2.05, 4.69) is 15.5 Å². The lowest BCUT2D eigenvalue weighted by atomic mass is 9.91. The molecule has 1 aliphatic carbocycles. The maximum atomic E-state index is 12.3. The topological polar surface area (TPSA) is 83.8 Å². The Kier molecular flexibility index (Phi) is 3.92. The number of carbonyl (C=O) groups excluding carboxylic acids is 1. The standard InChI is InChI=1S/C16H22N4O/c17-16(9-5-1-2-6-10-16)11-18-15(21)14-12-7-3-4-8-13(12)19-20-14/h3-4,7-8H,1-2,5-6,9-11,17H2,(H,18,21)(H,19,20). The molecule has 3 rings (SSSR count). The minimum atomic E-state index is -0.266. The Morgan fingerprint density at radius 3 is 2.71 bits per heavy atom. The average molecular weight is 286 g/mol. The van der Waals surface area contributed by atoms with E-state index >= 15 is 0 Å². The number of fused-ring (bicyclic) bond motifs is 1.